The molecule has 0 aliphatic carbocycles. The van der Waals surface area contributed by atoms with Gasteiger partial charge in [-0.05, 0) is 36.4 Å². The first-order valence-corrected chi connectivity index (χ1v) is 11.4. The Kier molecular flexibility index (Phi) is 6.26. The number of nitrogens with zero attached hydrogens (tertiary/aromatic N) is 1. The lowest BCUT2D eigenvalue weighted by molar-refractivity contribution is 0.355. The van der Waals surface area contributed by atoms with Crippen LogP contribution < -0.4 is 18.9 Å². The Balaban J connectivity index is 1.63. The topological polar surface area (TPSA) is 86.8 Å². The number of rotatable bonds is 7. The molecule has 170 valence electrons. The highest BCUT2D eigenvalue weighted by Gasteiger charge is 2.20. The van der Waals surface area contributed by atoms with E-state index in [0.717, 1.165) is 6.07 Å². The van der Waals surface area contributed by atoms with E-state index < -0.39 is 15.8 Å². The zero-order valence-corrected chi connectivity index (χ0v) is 19.1. The molecule has 0 radical (unpaired) electrons. The number of hydrogen-bond acceptors (Lipinski definition) is 6. The van der Waals surface area contributed by atoms with Crippen LogP contribution in [-0.4, -0.2) is 27.6 Å². The molecule has 0 bridgehead atoms. The van der Waals surface area contributed by atoms with Crippen molar-refractivity contribution in [2.45, 2.75) is 4.90 Å². The maximum absolute atomic E-state index is 14.7. The summed E-state index contributed by atoms with van der Waals surface area (Å²) in [4.78, 5) is 4.14. The first-order valence-electron chi connectivity index (χ1n) is 9.58. The van der Waals surface area contributed by atoms with Crippen molar-refractivity contribution in [3.8, 4) is 23.0 Å². The van der Waals surface area contributed by atoms with Crippen molar-refractivity contribution in [1.82, 2.24) is 4.98 Å². The Morgan fingerprint density at radius 2 is 1.67 bits per heavy atom. The lowest BCUT2D eigenvalue weighted by atomic mass is 10.2. The monoisotopic (exact) mass is 488 g/mol. The molecule has 0 saturated carbocycles. The van der Waals surface area contributed by atoms with Gasteiger partial charge < -0.3 is 14.2 Å². The maximum Gasteiger partial charge on any atom is 0.263 e. The highest BCUT2D eigenvalue weighted by atomic mass is 35.5. The third-order valence-electron chi connectivity index (χ3n) is 4.75. The minimum Gasteiger partial charge on any atom is -0.493 e. The number of anilines is 1. The molecule has 0 amide bonds. The van der Waals surface area contributed by atoms with Crippen LogP contribution in [0.5, 0.6) is 23.0 Å². The van der Waals surface area contributed by atoms with Gasteiger partial charge in [-0.25, -0.2) is 12.8 Å². The van der Waals surface area contributed by atoms with E-state index in [1.165, 1.54) is 44.6 Å². The maximum atomic E-state index is 14.7. The second-order valence-corrected chi connectivity index (χ2v) is 8.87. The number of benzene rings is 3. The molecule has 4 rings (SSSR count). The second-order valence-electron chi connectivity index (χ2n) is 6.81. The molecule has 4 aromatic rings. The predicted molar refractivity (Wildman–Crippen MR) is 124 cm³/mol. The summed E-state index contributed by atoms with van der Waals surface area (Å²) in [6, 6.07) is 14.7. The highest BCUT2D eigenvalue weighted by Crippen LogP contribution is 2.37. The predicted octanol–water partition coefficient (Wildman–Crippen LogP) is 5.64. The Morgan fingerprint density at radius 1 is 0.939 bits per heavy atom. The molecule has 1 aromatic heterocycles. The van der Waals surface area contributed by atoms with Crippen LogP contribution in [0.1, 0.15) is 0 Å². The fourth-order valence-corrected chi connectivity index (χ4v) is 4.76. The molecular weight excluding hydrogens is 471 g/mol. The van der Waals surface area contributed by atoms with Crippen molar-refractivity contribution in [3.63, 3.8) is 0 Å². The summed E-state index contributed by atoms with van der Waals surface area (Å²) in [6.07, 6.45) is 1.55. The lowest BCUT2D eigenvalue weighted by Gasteiger charge is -2.13. The van der Waals surface area contributed by atoms with Gasteiger partial charge in [-0.3, -0.25) is 9.71 Å². The first kappa shape index (κ1) is 22.6. The number of fused-ring (bicyclic) bond motifs is 1. The minimum atomic E-state index is -4.08. The first-order chi connectivity index (χ1) is 15.8. The van der Waals surface area contributed by atoms with Crippen molar-refractivity contribution in [2.24, 2.45) is 0 Å². The van der Waals surface area contributed by atoms with Crippen LogP contribution in [0.4, 0.5) is 10.1 Å². The second kappa shape index (κ2) is 9.13. The summed E-state index contributed by atoms with van der Waals surface area (Å²) >= 11 is 5.96. The SMILES string of the molecule is COc1cc2nccc(Oc3ccc(NS(=O)(=O)c4ccccc4Cl)c(F)c3)c2cc1OC. The van der Waals surface area contributed by atoms with E-state index >= 15 is 0 Å². The van der Waals surface area contributed by atoms with Crippen molar-refractivity contribution in [1.29, 1.82) is 0 Å². The van der Waals surface area contributed by atoms with Gasteiger partial charge in [0.25, 0.3) is 10.0 Å². The van der Waals surface area contributed by atoms with Crippen LogP contribution in [0.25, 0.3) is 10.9 Å². The standard InChI is InChI=1S/C23H18ClFN2O5S/c1-30-21-12-15-19(13-22(21)31-2)26-10-9-20(15)32-14-7-8-18(17(25)11-14)27-33(28,29)23-6-4-3-5-16(23)24/h3-13,27H,1-2H3. The minimum absolute atomic E-state index is 0.0296. The van der Waals surface area contributed by atoms with Crippen LogP contribution in [0.2, 0.25) is 5.02 Å². The van der Waals surface area contributed by atoms with E-state index in [-0.39, 0.29) is 21.4 Å². The van der Waals surface area contributed by atoms with Gasteiger partial charge in [0.15, 0.2) is 17.3 Å². The molecule has 3 aromatic carbocycles. The summed E-state index contributed by atoms with van der Waals surface area (Å²) < 4.78 is 58.6. The molecule has 0 atom stereocenters. The van der Waals surface area contributed by atoms with Gasteiger partial charge in [-0.1, -0.05) is 23.7 Å². The fraction of sp³-hybridized carbons (Fsp3) is 0.0870. The van der Waals surface area contributed by atoms with Crippen LogP contribution in [0, 0.1) is 5.82 Å². The molecule has 0 fully saturated rings. The van der Waals surface area contributed by atoms with Crippen molar-refractivity contribution in [2.75, 3.05) is 18.9 Å². The Morgan fingerprint density at radius 3 is 2.36 bits per heavy atom. The van der Waals surface area contributed by atoms with Gasteiger partial charge in [-0.2, -0.15) is 0 Å². The molecule has 0 spiro atoms. The number of pyridine rings is 1. The Labute approximate surface area is 194 Å². The number of methoxy groups -OCH3 is 2. The third kappa shape index (κ3) is 4.64. The van der Waals surface area contributed by atoms with Crippen molar-refractivity contribution < 1.29 is 27.0 Å². The average molecular weight is 489 g/mol. The number of aromatic nitrogens is 1. The quantitative estimate of drug-likeness (QED) is 0.362. The smallest absolute Gasteiger partial charge is 0.263 e. The average Bonchev–Trinajstić information content (AvgIpc) is 2.80. The molecular formula is C23H18ClFN2O5S. The summed E-state index contributed by atoms with van der Waals surface area (Å²) in [5, 5.41) is 0.654. The van der Waals surface area contributed by atoms with Gasteiger partial charge in [0.2, 0.25) is 0 Å². The van der Waals surface area contributed by atoms with Crippen LogP contribution in [0.15, 0.2) is 71.8 Å². The van der Waals surface area contributed by atoms with Gasteiger partial charge >= 0.3 is 0 Å². The van der Waals surface area contributed by atoms with Crippen molar-refractivity contribution in [3.05, 3.63) is 77.7 Å². The molecule has 0 saturated heterocycles. The number of hydrogen-bond donors (Lipinski definition) is 1. The van der Waals surface area contributed by atoms with Gasteiger partial charge in [0, 0.05) is 23.7 Å². The summed E-state index contributed by atoms with van der Waals surface area (Å²) in [6.45, 7) is 0. The lowest BCUT2D eigenvalue weighted by Crippen LogP contribution is -2.14. The van der Waals surface area contributed by atoms with E-state index in [2.05, 4.69) is 9.71 Å². The van der Waals surface area contributed by atoms with Crippen molar-refractivity contribution >= 4 is 38.2 Å². The number of sulfonamides is 1. The molecule has 10 heteroatoms. The number of nitrogens with one attached hydrogen (secondary N) is 1. The number of ether oxygens (including phenoxy) is 3. The molecule has 33 heavy (non-hydrogen) atoms. The normalized spacial score (nSPS) is 11.3. The van der Waals surface area contributed by atoms with Crippen LogP contribution in [-0.2, 0) is 10.0 Å². The van der Waals surface area contributed by atoms with Gasteiger partial charge in [0.1, 0.15) is 16.4 Å². The molecule has 1 heterocycles. The molecule has 7 nitrogen and oxygen atoms in total. The zero-order valence-electron chi connectivity index (χ0n) is 17.5. The number of halogens is 2. The van der Waals surface area contributed by atoms with Crippen LogP contribution in [0.3, 0.4) is 0 Å². The molecule has 0 aliphatic heterocycles. The summed E-state index contributed by atoms with van der Waals surface area (Å²) in [5.41, 5.74) is 0.350. The van der Waals surface area contributed by atoms with Gasteiger partial charge in [-0.15, -0.1) is 0 Å². The summed E-state index contributed by atoms with van der Waals surface area (Å²) in [7, 11) is -1.04. The Hall–Kier alpha value is -3.56. The van der Waals surface area contributed by atoms with E-state index in [9.17, 15) is 12.8 Å². The Bertz CT molecular complexity index is 1450. The van der Waals surface area contributed by atoms with Crippen LogP contribution >= 0.6 is 11.6 Å². The van der Waals surface area contributed by atoms with E-state index in [4.69, 9.17) is 25.8 Å². The zero-order chi connectivity index (χ0) is 23.6. The fourth-order valence-electron chi connectivity index (χ4n) is 3.17. The molecule has 0 unspecified atom stereocenters. The van der Waals surface area contributed by atoms with E-state index in [1.54, 1.807) is 30.5 Å². The molecule has 0 aliphatic rings. The molecule has 1 N–H and O–H groups in total. The van der Waals surface area contributed by atoms with E-state index in [0.29, 0.717) is 28.2 Å². The third-order valence-corrected chi connectivity index (χ3v) is 6.61. The highest BCUT2D eigenvalue weighted by molar-refractivity contribution is 7.92. The van der Waals surface area contributed by atoms with E-state index in [1.807, 2.05) is 0 Å². The van der Waals surface area contributed by atoms with Gasteiger partial charge in [0.05, 0.1) is 30.4 Å². The largest absolute Gasteiger partial charge is 0.493 e. The summed E-state index contributed by atoms with van der Waals surface area (Å²) in [5.74, 6) is 0.746.